The maximum atomic E-state index is 13.8. The zero-order valence-electron chi connectivity index (χ0n) is 25.5. The topological polar surface area (TPSA) is 150 Å². The molecule has 2 amide bonds. The van der Waals surface area contributed by atoms with Gasteiger partial charge in [-0.2, -0.15) is 22.8 Å². The van der Waals surface area contributed by atoms with Gasteiger partial charge in [0.25, 0.3) is 0 Å². The first-order valence-corrected chi connectivity index (χ1v) is 15.0. The Bertz CT molecular complexity index is 1780. The Hall–Kier alpha value is -4.60. The number of nitrogens with one attached hydrogen (secondary N) is 1. The van der Waals surface area contributed by atoms with Gasteiger partial charge in [0.1, 0.15) is 22.9 Å². The number of likely N-dealkylation sites (tertiary alicyclic amines) is 1. The second-order valence-electron chi connectivity index (χ2n) is 12.8. The smallest absolute Gasteiger partial charge is 0.416 e. The number of alkyl halides is 3. The predicted molar refractivity (Wildman–Crippen MR) is 160 cm³/mol. The van der Waals surface area contributed by atoms with Crippen LogP contribution in [-0.4, -0.2) is 82.6 Å². The van der Waals surface area contributed by atoms with E-state index in [-0.39, 0.29) is 30.6 Å². The molecule has 16 heteroatoms. The first-order valence-electron chi connectivity index (χ1n) is 15.0. The molecule has 0 spiro atoms. The highest BCUT2D eigenvalue weighted by Crippen LogP contribution is 2.42. The first-order chi connectivity index (χ1) is 21.7. The number of ether oxygens (including phenoxy) is 1. The van der Waals surface area contributed by atoms with Crippen molar-refractivity contribution in [1.29, 1.82) is 0 Å². The molecule has 0 bridgehead atoms. The number of β-amino-alcohol motifs (C(OH)–C–C–N with tert-alkyl or cyclic N) is 1. The number of carbonyl (C=O) groups is 2. The van der Waals surface area contributed by atoms with Crippen molar-refractivity contribution in [1.82, 2.24) is 28.9 Å². The fraction of sp³-hybridized carbons (Fsp3) is 0.500. The quantitative estimate of drug-likeness (QED) is 0.253. The third-order valence-corrected chi connectivity index (χ3v) is 8.08. The van der Waals surface area contributed by atoms with Crippen LogP contribution in [-0.2, 0) is 17.5 Å². The Balaban J connectivity index is 1.36. The van der Waals surface area contributed by atoms with E-state index in [1.165, 1.54) is 20.4 Å². The summed E-state index contributed by atoms with van der Waals surface area (Å²) in [5, 5.41) is 27.7. The fourth-order valence-corrected chi connectivity index (χ4v) is 5.56. The van der Waals surface area contributed by atoms with Gasteiger partial charge in [-0.3, -0.25) is 4.90 Å². The van der Waals surface area contributed by atoms with Crippen LogP contribution in [0.1, 0.15) is 62.8 Å². The van der Waals surface area contributed by atoms with Crippen LogP contribution >= 0.6 is 0 Å². The van der Waals surface area contributed by atoms with Crippen molar-refractivity contribution in [3.05, 3.63) is 53.6 Å². The monoisotopic (exact) mass is 644 g/mol. The zero-order valence-corrected chi connectivity index (χ0v) is 25.5. The number of hydrogen-bond acceptors (Lipinski definition) is 8. The standard InChI is InChI=1S/C30H35F3N8O5/c1-29(2,3)46-28(45)40(15-20-14-38-9-7-19(30(31,32)33)10-24(38)36-20)25-11-23(37-26-21(17-4-5-17)13-35-41(25)26)34-12-18-6-8-39(27(43)44)16-22(18)42/h7,9-11,13-14,17-18,22,42H,4-6,8,12,15-16H2,1-3H3,(H,34,37)(H,43,44)/t18-,22+/m1/s1. The SMILES string of the molecule is CC(C)(C)OC(=O)N(Cc1cn2ccc(C(F)(F)F)cc2n1)c1cc(NC[C@H]2CCN(C(=O)O)C[C@@H]2O)nc2c(C3CC3)cnn12. The fourth-order valence-electron chi connectivity index (χ4n) is 5.56. The summed E-state index contributed by atoms with van der Waals surface area (Å²) >= 11 is 0. The number of amides is 2. The van der Waals surface area contributed by atoms with Gasteiger partial charge < -0.3 is 29.6 Å². The Morgan fingerprint density at radius 3 is 2.57 bits per heavy atom. The number of aliphatic hydroxyl groups excluding tert-OH is 1. The molecule has 2 atom stereocenters. The zero-order chi connectivity index (χ0) is 33.0. The molecule has 1 aliphatic heterocycles. The number of rotatable bonds is 7. The minimum Gasteiger partial charge on any atom is -0.465 e. The van der Waals surface area contributed by atoms with Crippen LogP contribution in [0, 0.1) is 5.92 Å². The summed E-state index contributed by atoms with van der Waals surface area (Å²) in [4.78, 5) is 36.8. The second-order valence-corrected chi connectivity index (χ2v) is 12.8. The number of pyridine rings is 1. The average molecular weight is 645 g/mol. The molecule has 3 N–H and O–H groups in total. The number of aliphatic hydroxyl groups is 1. The molecule has 5 heterocycles. The molecular weight excluding hydrogens is 609 g/mol. The van der Waals surface area contributed by atoms with Crippen molar-refractivity contribution in [3.8, 4) is 0 Å². The van der Waals surface area contributed by atoms with Crippen molar-refractivity contribution in [2.24, 2.45) is 5.92 Å². The molecule has 13 nitrogen and oxygen atoms in total. The normalized spacial score (nSPS) is 19.1. The Kier molecular flexibility index (Phi) is 7.94. The van der Waals surface area contributed by atoms with Gasteiger partial charge in [-0.15, -0.1) is 0 Å². The highest BCUT2D eigenvalue weighted by Gasteiger charge is 2.34. The van der Waals surface area contributed by atoms with Gasteiger partial charge in [-0.25, -0.2) is 19.6 Å². The molecule has 0 radical (unpaired) electrons. The van der Waals surface area contributed by atoms with E-state index in [1.807, 2.05) is 0 Å². The van der Waals surface area contributed by atoms with E-state index in [1.54, 1.807) is 43.7 Å². The molecule has 1 saturated heterocycles. The van der Waals surface area contributed by atoms with Crippen molar-refractivity contribution >= 4 is 35.1 Å². The third kappa shape index (κ3) is 6.66. The number of nitrogens with zero attached hydrogens (tertiary/aromatic N) is 7. The minimum atomic E-state index is -4.54. The number of anilines is 2. The molecule has 46 heavy (non-hydrogen) atoms. The van der Waals surface area contributed by atoms with Gasteiger partial charge in [0.15, 0.2) is 5.65 Å². The number of imidazole rings is 1. The van der Waals surface area contributed by atoms with E-state index >= 15 is 0 Å². The van der Waals surface area contributed by atoms with E-state index in [2.05, 4.69) is 15.4 Å². The van der Waals surface area contributed by atoms with Gasteiger partial charge in [0, 0.05) is 43.0 Å². The summed E-state index contributed by atoms with van der Waals surface area (Å²) in [6.07, 6.45) is -0.281. The molecule has 4 aromatic heterocycles. The number of carboxylic acid groups (broad SMARTS) is 1. The van der Waals surface area contributed by atoms with Gasteiger partial charge >= 0.3 is 18.4 Å². The number of aromatic nitrogens is 5. The summed E-state index contributed by atoms with van der Waals surface area (Å²) < 4.78 is 48.8. The lowest BCUT2D eigenvalue weighted by molar-refractivity contribution is -0.137. The molecule has 2 fully saturated rings. The Morgan fingerprint density at radius 1 is 1.15 bits per heavy atom. The van der Waals surface area contributed by atoms with Gasteiger partial charge in [0.2, 0.25) is 0 Å². The van der Waals surface area contributed by atoms with E-state index in [9.17, 15) is 33.0 Å². The summed E-state index contributed by atoms with van der Waals surface area (Å²) in [7, 11) is 0. The molecule has 6 rings (SSSR count). The Morgan fingerprint density at radius 2 is 1.91 bits per heavy atom. The molecule has 2 aliphatic rings. The molecule has 0 aromatic carbocycles. The number of carbonyl (C=O) groups excluding carboxylic acids is 1. The molecule has 4 aromatic rings. The van der Waals surface area contributed by atoms with Crippen molar-refractivity contribution < 1.29 is 37.7 Å². The van der Waals surface area contributed by atoms with Crippen LogP contribution in [0.4, 0.5) is 34.4 Å². The minimum absolute atomic E-state index is 0.00371. The summed E-state index contributed by atoms with van der Waals surface area (Å²) in [6.45, 7) is 5.61. The highest BCUT2D eigenvalue weighted by atomic mass is 19.4. The van der Waals surface area contributed by atoms with Crippen molar-refractivity contribution in [2.75, 3.05) is 29.9 Å². The van der Waals surface area contributed by atoms with Gasteiger partial charge in [0.05, 0.1) is 36.6 Å². The van der Waals surface area contributed by atoms with Crippen LogP contribution in [0.25, 0.3) is 11.3 Å². The lowest BCUT2D eigenvalue weighted by Gasteiger charge is -2.34. The van der Waals surface area contributed by atoms with Crippen LogP contribution in [0.3, 0.4) is 0 Å². The summed E-state index contributed by atoms with van der Waals surface area (Å²) in [6, 6.07) is 3.52. The highest BCUT2D eigenvalue weighted by molar-refractivity contribution is 5.88. The van der Waals surface area contributed by atoms with Crippen LogP contribution in [0.5, 0.6) is 0 Å². The number of piperidine rings is 1. The number of hydrogen-bond donors (Lipinski definition) is 3. The molecule has 1 aliphatic carbocycles. The lowest BCUT2D eigenvalue weighted by atomic mass is 9.94. The van der Waals surface area contributed by atoms with Crippen LogP contribution < -0.4 is 10.2 Å². The van der Waals surface area contributed by atoms with E-state index in [0.717, 1.165) is 30.5 Å². The summed E-state index contributed by atoms with van der Waals surface area (Å²) in [5.41, 5.74) is 0.119. The number of fused-ring (bicyclic) bond motifs is 2. The predicted octanol–water partition coefficient (Wildman–Crippen LogP) is 4.99. The van der Waals surface area contributed by atoms with Crippen LogP contribution in [0.2, 0.25) is 0 Å². The third-order valence-electron chi connectivity index (χ3n) is 8.08. The lowest BCUT2D eigenvalue weighted by Crippen LogP contribution is -2.47. The maximum Gasteiger partial charge on any atom is 0.416 e. The molecule has 246 valence electrons. The largest absolute Gasteiger partial charge is 0.465 e. The van der Waals surface area contributed by atoms with Crippen molar-refractivity contribution in [3.63, 3.8) is 0 Å². The Labute approximate surface area is 261 Å². The van der Waals surface area contributed by atoms with Crippen LogP contribution in [0.15, 0.2) is 36.8 Å². The first kappa shape index (κ1) is 31.4. The van der Waals surface area contributed by atoms with E-state index < -0.39 is 35.6 Å². The maximum absolute atomic E-state index is 13.8. The van der Waals surface area contributed by atoms with E-state index in [0.29, 0.717) is 42.5 Å². The molecular formula is C30H35F3N8O5. The average Bonchev–Trinajstić information content (AvgIpc) is 3.58. The van der Waals surface area contributed by atoms with E-state index in [4.69, 9.17) is 9.72 Å². The molecule has 1 saturated carbocycles. The van der Waals surface area contributed by atoms with Gasteiger partial charge in [-0.1, -0.05) is 0 Å². The van der Waals surface area contributed by atoms with Gasteiger partial charge in [-0.05, 0) is 58.1 Å². The second kappa shape index (κ2) is 11.6. The number of halogens is 3. The molecule has 0 unspecified atom stereocenters. The van der Waals surface area contributed by atoms with Crippen molar-refractivity contribution in [2.45, 2.75) is 70.4 Å². The summed E-state index contributed by atoms with van der Waals surface area (Å²) in [5.74, 6) is 0.719.